The fourth-order valence-corrected chi connectivity index (χ4v) is 7.12. The first-order chi connectivity index (χ1) is 19.5. The lowest BCUT2D eigenvalue weighted by Crippen LogP contribution is -2.55. The number of amides is 2. The molecule has 2 aromatic carbocycles. The molecule has 40 heavy (non-hydrogen) atoms. The second-order valence-corrected chi connectivity index (χ2v) is 11.7. The Labute approximate surface area is 235 Å². The van der Waals surface area contributed by atoms with Crippen molar-refractivity contribution in [2.24, 2.45) is 0 Å². The van der Waals surface area contributed by atoms with Crippen molar-refractivity contribution in [1.82, 2.24) is 25.0 Å². The van der Waals surface area contributed by atoms with Crippen LogP contribution in [-0.4, -0.2) is 75.8 Å². The molecule has 1 aromatic heterocycles. The average molecular weight is 537 g/mol. The highest BCUT2D eigenvalue weighted by Gasteiger charge is 2.42. The predicted octanol–water partition coefficient (Wildman–Crippen LogP) is 3.53. The van der Waals surface area contributed by atoms with E-state index in [0.29, 0.717) is 12.4 Å². The Morgan fingerprint density at radius 1 is 0.975 bits per heavy atom. The first kappa shape index (κ1) is 25.2. The molecule has 3 aromatic rings. The number of pyridine rings is 1. The minimum Gasteiger partial charge on any atom is -0.383 e. The number of anilines is 1. The van der Waals surface area contributed by atoms with Gasteiger partial charge in [-0.3, -0.25) is 14.5 Å². The van der Waals surface area contributed by atoms with Crippen LogP contribution >= 0.6 is 0 Å². The van der Waals surface area contributed by atoms with Crippen LogP contribution in [0.2, 0.25) is 0 Å². The van der Waals surface area contributed by atoms with Crippen LogP contribution in [0.25, 0.3) is 11.3 Å². The number of aromatic nitrogens is 1. The highest BCUT2D eigenvalue weighted by atomic mass is 16.2. The third kappa shape index (κ3) is 4.55. The molecule has 0 saturated carbocycles. The number of nitrogens with two attached hydrogens (primary N) is 1. The summed E-state index contributed by atoms with van der Waals surface area (Å²) in [5.41, 5.74) is 12.0. The standard InChI is InChI=1S/C32H36N6O2/c33-30-23(17-36-19-26-10-11-27(20-36)38(26)31(39)21-5-2-1-3-6-21)9-13-29(35-30)22-8-12-28-24(15-22)18-37(32(28)40)25-7-4-14-34-16-25/h1-3,5-6,8-9,12-13,15,25-27,34H,4,7,10-11,14,16-20H2,(H2,33,35). The molecule has 7 rings (SSSR count). The van der Waals surface area contributed by atoms with Gasteiger partial charge in [-0.05, 0) is 68.1 Å². The highest BCUT2D eigenvalue weighted by molar-refractivity contribution is 5.99. The van der Waals surface area contributed by atoms with Gasteiger partial charge < -0.3 is 20.9 Å². The third-order valence-corrected chi connectivity index (χ3v) is 9.16. The fraction of sp³-hybridized carbons (Fsp3) is 0.406. The summed E-state index contributed by atoms with van der Waals surface area (Å²) in [4.78, 5) is 37.6. The molecule has 4 aliphatic heterocycles. The summed E-state index contributed by atoms with van der Waals surface area (Å²) < 4.78 is 0. The van der Waals surface area contributed by atoms with Crippen LogP contribution in [0.1, 0.15) is 57.5 Å². The number of nitrogens with zero attached hydrogens (tertiary/aromatic N) is 4. The van der Waals surface area contributed by atoms with E-state index in [4.69, 9.17) is 10.7 Å². The van der Waals surface area contributed by atoms with Crippen LogP contribution in [0.4, 0.5) is 5.82 Å². The molecule has 0 radical (unpaired) electrons. The van der Waals surface area contributed by atoms with Crippen LogP contribution in [-0.2, 0) is 13.1 Å². The summed E-state index contributed by atoms with van der Waals surface area (Å²) >= 11 is 0. The second kappa shape index (κ2) is 10.3. The molecule has 8 nitrogen and oxygen atoms in total. The Balaban J connectivity index is 1.03. The molecule has 206 valence electrons. The largest absolute Gasteiger partial charge is 0.383 e. The van der Waals surface area contributed by atoms with Crippen molar-refractivity contribution in [3.8, 4) is 11.3 Å². The zero-order valence-electron chi connectivity index (χ0n) is 22.8. The maximum absolute atomic E-state index is 13.2. The third-order valence-electron chi connectivity index (χ3n) is 9.16. The number of piperazine rings is 1. The predicted molar refractivity (Wildman–Crippen MR) is 155 cm³/mol. The van der Waals surface area contributed by atoms with Crippen LogP contribution in [0.5, 0.6) is 0 Å². The second-order valence-electron chi connectivity index (χ2n) is 11.7. The first-order valence-corrected chi connectivity index (χ1v) is 14.6. The zero-order chi connectivity index (χ0) is 27.2. The molecule has 0 aliphatic carbocycles. The van der Waals surface area contributed by atoms with Gasteiger partial charge in [0.2, 0.25) is 0 Å². The molecule has 8 heteroatoms. The van der Waals surface area contributed by atoms with Gasteiger partial charge in [0.25, 0.3) is 11.8 Å². The average Bonchev–Trinajstić information content (AvgIpc) is 3.46. The van der Waals surface area contributed by atoms with Crippen LogP contribution in [0, 0.1) is 0 Å². The van der Waals surface area contributed by atoms with Gasteiger partial charge in [-0.2, -0.15) is 0 Å². The summed E-state index contributed by atoms with van der Waals surface area (Å²) in [6.07, 6.45) is 4.25. The van der Waals surface area contributed by atoms with E-state index in [1.807, 2.05) is 53.4 Å². The molecule has 2 amide bonds. The van der Waals surface area contributed by atoms with Gasteiger partial charge >= 0.3 is 0 Å². The summed E-state index contributed by atoms with van der Waals surface area (Å²) in [5, 5.41) is 3.42. The number of nitrogen functional groups attached to an aromatic ring is 1. The van der Waals surface area contributed by atoms with Crippen molar-refractivity contribution >= 4 is 17.6 Å². The van der Waals surface area contributed by atoms with E-state index in [0.717, 1.165) is 91.9 Å². The molecular weight excluding hydrogens is 500 g/mol. The summed E-state index contributed by atoms with van der Waals surface area (Å²) in [6, 6.07) is 20.5. The number of fused-ring (bicyclic) bond motifs is 3. The molecule has 4 aliphatic rings. The maximum Gasteiger partial charge on any atom is 0.254 e. The smallest absolute Gasteiger partial charge is 0.254 e. The van der Waals surface area contributed by atoms with E-state index in [9.17, 15) is 9.59 Å². The quantitative estimate of drug-likeness (QED) is 0.518. The van der Waals surface area contributed by atoms with Crippen molar-refractivity contribution in [2.45, 2.75) is 56.9 Å². The Bertz CT molecular complexity index is 1420. The number of carbonyl (C=O) groups is 2. The van der Waals surface area contributed by atoms with Gasteiger partial charge in [0.1, 0.15) is 5.82 Å². The molecule has 3 N–H and O–H groups in total. The molecular formula is C32H36N6O2. The van der Waals surface area contributed by atoms with E-state index in [-0.39, 0.29) is 29.9 Å². The zero-order valence-corrected chi connectivity index (χ0v) is 22.8. The van der Waals surface area contributed by atoms with Gasteiger partial charge in [0, 0.05) is 73.1 Å². The topological polar surface area (TPSA) is 94.8 Å². The van der Waals surface area contributed by atoms with E-state index < -0.39 is 0 Å². The van der Waals surface area contributed by atoms with Crippen molar-refractivity contribution in [2.75, 3.05) is 31.9 Å². The number of rotatable bonds is 5. The molecule has 5 heterocycles. The first-order valence-electron chi connectivity index (χ1n) is 14.6. The number of carbonyl (C=O) groups excluding carboxylic acids is 2. The van der Waals surface area contributed by atoms with Crippen molar-refractivity contribution in [1.29, 1.82) is 0 Å². The van der Waals surface area contributed by atoms with Gasteiger partial charge in [0.15, 0.2) is 0 Å². The fourth-order valence-electron chi connectivity index (χ4n) is 7.12. The monoisotopic (exact) mass is 536 g/mol. The lowest BCUT2D eigenvalue weighted by Gasteiger charge is -2.41. The Hall–Kier alpha value is -3.75. The van der Waals surface area contributed by atoms with E-state index >= 15 is 0 Å². The van der Waals surface area contributed by atoms with Crippen molar-refractivity contribution in [3.63, 3.8) is 0 Å². The number of hydrogen-bond acceptors (Lipinski definition) is 6. The molecule has 3 unspecified atom stereocenters. The van der Waals surface area contributed by atoms with Gasteiger partial charge in [-0.25, -0.2) is 4.98 Å². The number of likely N-dealkylation sites (tertiary alicyclic amines) is 1. The Kier molecular flexibility index (Phi) is 6.52. The Morgan fingerprint density at radius 3 is 2.50 bits per heavy atom. The highest BCUT2D eigenvalue weighted by Crippen LogP contribution is 2.34. The molecule has 2 bridgehead atoms. The summed E-state index contributed by atoms with van der Waals surface area (Å²) in [7, 11) is 0. The molecule has 3 atom stereocenters. The number of piperidine rings is 1. The minimum absolute atomic E-state index is 0.137. The summed E-state index contributed by atoms with van der Waals surface area (Å²) in [5.74, 6) is 0.824. The van der Waals surface area contributed by atoms with Crippen LogP contribution in [0.15, 0.2) is 60.7 Å². The molecule has 0 spiro atoms. The molecule has 3 fully saturated rings. The normalized spacial score (nSPS) is 24.4. The van der Waals surface area contributed by atoms with Crippen molar-refractivity contribution < 1.29 is 9.59 Å². The van der Waals surface area contributed by atoms with Crippen molar-refractivity contribution in [3.05, 3.63) is 82.9 Å². The molecule has 3 saturated heterocycles. The number of benzene rings is 2. The maximum atomic E-state index is 13.2. The van der Waals surface area contributed by atoms with E-state index in [1.54, 1.807) is 0 Å². The van der Waals surface area contributed by atoms with Crippen LogP contribution < -0.4 is 11.1 Å². The van der Waals surface area contributed by atoms with Gasteiger partial charge in [0.05, 0.1) is 5.69 Å². The number of nitrogens with one attached hydrogen (secondary N) is 1. The van der Waals surface area contributed by atoms with Gasteiger partial charge in [-0.1, -0.05) is 30.3 Å². The lowest BCUT2D eigenvalue weighted by molar-refractivity contribution is 0.0405. The summed E-state index contributed by atoms with van der Waals surface area (Å²) in [6.45, 7) is 4.98. The van der Waals surface area contributed by atoms with E-state index in [2.05, 4.69) is 27.2 Å². The van der Waals surface area contributed by atoms with E-state index in [1.165, 1.54) is 0 Å². The minimum atomic E-state index is 0.137. The lowest BCUT2D eigenvalue weighted by atomic mass is 10.0. The Morgan fingerprint density at radius 2 is 1.77 bits per heavy atom. The SMILES string of the molecule is Nc1nc(-c2ccc3c(c2)CN(C2CCCNC2)C3=O)ccc1CN1CC2CCC(C1)N2C(=O)c1ccccc1. The number of hydrogen-bond donors (Lipinski definition) is 2. The van der Waals surface area contributed by atoms with Crippen LogP contribution in [0.3, 0.4) is 0 Å². The van der Waals surface area contributed by atoms with Gasteiger partial charge in [-0.15, -0.1) is 0 Å².